The largest absolute Gasteiger partial charge is 0.854 e. The Labute approximate surface area is 47.4 Å². The van der Waals surface area contributed by atoms with Crippen LogP contribution in [-0.4, -0.2) is 13.2 Å². The molecule has 0 fully saturated rings. The molecule has 8 heavy (non-hydrogen) atoms. The second-order valence-corrected chi connectivity index (χ2v) is 1.82. The SMILES string of the molecule is O=P(=O)OCCC[O-]. The van der Waals surface area contributed by atoms with Gasteiger partial charge in [-0.1, -0.05) is 0 Å². The Kier molecular flexibility index (Phi) is 4.85. The molecule has 0 saturated heterocycles. The molecule has 0 aromatic rings. The van der Waals surface area contributed by atoms with E-state index in [0.29, 0.717) is 0 Å². The van der Waals surface area contributed by atoms with Gasteiger partial charge in [-0.3, -0.25) is 4.52 Å². The van der Waals surface area contributed by atoms with Crippen LogP contribution < -0.4 is 5.11 Å². The lowest BCUT2D eigenvalue weighted by Crippen LogP contribution is -2.06. The van der Waals surface area contributed by atoms with Gasteiger partial charge in [-0.2, -0.15) is 0 Å². The van der Waals surface area contributed by atoms with Crippen LogP contribution >= 0.6 is 7.91 Å². The Morgan fingerprint density at radius 2 is 2.12 bits per heavy atom. The standard InChI is InChI=1S/C3H6O4P/c4-2-1-3-7-8(5)6/h1-3H2/q-1. The molecule has 4 nitrogen and oxygen atoms in total. The van der Waals surface area contributed by atoms with Gasteiger partial charge in [0, 0.05) is 0 Å². The van der Waals surface area contributed by atoms with E-state index < -0.39 is 7.91 Å². The summed E-state index contributed by atoms with van der Waals surface area (Å²) in [5.74, 6) is 0. The van der Waals surface area contributed by atoms with Crippen molar-refractivity contribution in [1.29, 1.82) is 0 Å². The minimum atomic E-state index is -2.75. The molecule has 0 amide bonds. The Bertz CT molecular complexity index is 99.9. The van der Waals surface area contributed by atoms with Crippen LogP contribution in [0.2, 0.25) is 0 Å². The quantitative estimate of drug-likeness (QED) is 0.399. The summed E-state index contributed by atoms with van der Waals surface area (Å²) in [5, 5.41) is 9.63. The molecule has 0 aromatic carbocycles. The molecule has 5 heteroatoms. The third-order valence-electron chi connectivity index (χ3n) is 0.485. The fourth-order valence-corrected chi connectivity index (χ4v) is 0.476. The lowest BCUT2D eigenvalue weighted by molar-refractivity contribution is -0.368. The normalized spacial score (nSPS) is 9.12. The van der Waals surface area contributed by atoms with Crippen LogP contribution in [0.15, 0.2) is 0 Å². The molecule has 0 aliphatic rings. The van der Waals surface area contributed by atoms with E-state index in [0.717, 1.165) is 0 Å². The van der Waals surface area contributed by atoms with Gasteiger partial charge in [0.1, 0.15) is 0 Å². The fraction of sp³-hybridized carbons (Fsp3) is 1.00. The third-order valence-corrected chi connectivity index (χ3v) is 0.879. The Hall–Kier alpha value is -0.180. The van der Waals surface area contributed by atoms with Gasteiger partial charge in [-0.25, -0.2) is 9.13 Å². The number of hydrogen-bond acceptors (Lipinski definition) is 4. The van der Waals surface area contributed by atoms with Crippen LogP contribution in [-0.2, 0) is 13.7 Å². The number of hydrogen-bond donors (Lipinski definition) is 0. The molecular weight excluding hydrogens is 131 g/mol. The highest BCUT2D eigenvalue weighted by atomic mass is 31.1. The molecule has 0 N–H and O–H groups in total. The molecule has 48 valence electrons. The van der Waals surface area contributed by atoms with Crippen LogP contribution in [0.3, 0.4) is 0 Å². The van der Waals surface area contributed by atoms with Crippen molar-refractivity contribution in [2.75, 3.05) is 13.2 Å². The molecule has 0 heterocycles. The monoisotopic (exact) mass is 137 g/mol. The molecule has 0 saturated carbocycles. The van der Waals surface area contributed by atoms with E-state index in [1.807, 2.05) is 0 Å². The summed E-state index contributed by atoms with van der Waals surface area (Å²) < 4.78 is 23.2. The molecule has 0 aromatic heterocycles. The first-order valence-corrected chi connectivity index (χ1v) is 3.22. The predicted octanol–water partition coefficient (Wildman–Crippen LogP) is -0.159. The van der Waals surface area contributed by atoms with Gasteiger partial charge in [0.15, 0.2) is 0 Å². The van der Waals surface area contributed by atoms with E-state index >= 15 is 0 Å². The van der Waals surface area contributed by atoms with Crippen LogP contribution in [0.5, 0.6) is 0 Å². The Morgan fingerprint density at radius 3 is 2.50 bits per heavy atom. The lowest BCUT2D eigenvalue weighted by atomic mass is 10.5. The first-order valence-electron chi connectivity index (χ1n) is 2.13. The van der Waals surface area contributed by atoms with E-state index in [1.165, 1.54) is 0 Å². The summed E-state index contributed by atoms with van der Waals surface area (Å²) in [4.78, 5) is 0. The first-order chi connectivity index (χ1) is 3.77. The summed E-state index contributed by atoms with van der Waals surface area (Å²) >= 11 is 0. The van der Waals surface area contributed by atoms with Crippen molar-refractivity contribution < 1.29 is 18.8 Å². The zero-order valence-corrected chi connectivity index (χ0v) is 5.10. The zero-order chi connectivity index (χ0) is 6.41. The number of rotatable bonds is 4. The lowest BCUT2D eigenvalue weighted by Gasteiger charge is -1.97. The average molecular weight is 137 g/mol. The van der Waals surface area contributed by atoms with Gasteiger partial charge in [0.05, 0.1) is 6.61 Å². The van der Waals surface area contributed by atoms with E-state index in [9.17, 15) is 14.2 Å². The highest BCUT2D eigenvalue weighted by Crippen LogP contribution is 2.03. The van der Waals surface area contributed by atoms with E-state index in [1.54, 1.807) is 0 Å². The van der Waals surface area contributed by atoms with Crippen molar-refractivity contribution in [2.45, 2.75) is 6.42 Å². The minimum Gasteiger partial charge on any atom is -0.854 e. The highest BCUT2D eigenvalue weighted by molar-refractivity contribution is 7.24. The highest BCUT2D eigenvalue weighted by Gasteiger charge is 1.85. The zero-order valence-electron chi connectivity index (χ0n) is 4.20. The molecule has 0 spiro atoms. The summed E-state index contributed by atoms with van der Waals surface area (Å²) in [6, 6.07) is 0. The van der Waals surface area contributed by atoms with E-state index in [-0.39, 0.29) is 19.6 Å². The maximum absolute atomic E-state index is 9.63. The third kappa shape index (κ3) is 5.82. The smallest absolute Gasteiger partial charge is 0.468 e. The van der Waals surface area contributed by atoms with Gasteiger partial charge in [-0.05, 0) is 6.42 Å². The fourth-order valence-electron chi connectivity index (χ4n) is 0.198. The average Bonchev–Trinajstić information content (AvgIpc) is 1.66. The Morgan fingerprint density at radius 1 is 1.50 bits per heavy atom. The van der Waals surface area contributed by atoms with E-state index in [2.05, 4.69) is 4.52 Å². The van der Waals surface area contributed by atoms with Gasteiger partial charge in [0.25, 0.3) is 0 Å². The molecule has 0 bridgehead atoms. The van der Waals surface area contributed by atoms with Crippen molar-refractivity contribution in [2.24, 2.45) is 0 Å². The topological polar surface area (TPSA) is 66.4 Å². The second kappa shape index (κ2) is 4.97. The van der Waals surface area contributed by atoms with Gasteiger partial charge in [0.2, 0.25) is 0 Å². The summed E-state index contributed by atoms with van der Waals surface area (Å²) in [5.41, 5.74) is 0. The van der Waals surface area contributed by atoms with Gasteiger partial charge in [-0.15, -0.1) is 6.61 Å². The van der Waals surface area contributed by atoms with Crippen LogP contribution in [0.25, 0.3) is 0 Å². The molecule has 0 unspecified atom stereocenters. The van der Waals surface area contributed by atoms with Crippen molar-refractivity contribution in [3.05, 3.63) is 0 Å². The van der Waals surface area contributed by atoms with Crippen molar-refractivity contribution >= 4 is 7.91 Å². The summed E-state index contributed by atoms with van der Waals surface area (Å²) in [6.45, 7) is -0.272. The Balaban J connectivity index is 2.94. The molecule has 0 atom stereocenters. The van der Waals surface area contributed by atoms with Crippen molar-refractivity contribution in [1.82, 2.24) is 0 Å². The van der Waals surface area contributed by atoms with Crippen molar-refractivity contribution in [3.8, 4) is 0 Å². The first kappa shape index (κ1) is 7.82. The molecule has 0 aliphatic carbocycles. The minimum absolute atomic E-state index is 0.0161. The predicted molar refractivity (Wildman–Crippen MR) is 23.7 cm³/mol. The second-order valence-electron chi connectivity index (χ2n) is 1.11. The maximum Gasteiger partial charge on any atom is 0.468 e. The van der Waals surface area contributed by atoms with Gasteiger partial charge >= 0.3 is 7.91 Å². The van der Waals surface area contributed by atoms with E-state index in [4.69, 9.17) is 0 Å². The van der Waals surface area contributed by atoms with Gasteiger partial charge < -0.3 is 5.11 Å². The summed E-state index contributed by atoms with van der Waals surface area (Å²) in [6.07, 6.45) is 0.253. The molecule has 0 rings (SSSR count). The summed E-state index contributed by atoms with van der Waals surface area (Å²) in [7, 11) is -2.75. The van der Waals surface area contributed by atoms with Crippen LogP contribution in [0.4, 0.5) is 0 Å². The van der Waals surface area contributed by atoms with Crippen molar-refractivity contribution in [3.63, 3.8) is 0 Å². The molecular formula is C3H6O4P-. The van der Waals surface area contributed by atoms with Crippen LogP contribution in [0.1, 0.15) is 6.42 Å². The molecule has 0 aliphatic heterocycles. The maximum atomic E-state index is 9.63. The molecule has 0 radical (unpaired) electrons. The van der Waals surface area contributed by atoms with Crippen LogP contribution in [0, 0.1) is 0 Å².